The number of anilines is 1. The van der Waals surface area contributed by atoms with Crippen LogP contribution in [0.4, 0.5) is 5.82 Å². The predicted octanol–water partition coefficient (Wildman–Crippen LogP) is 1.33. The fraction of sp³-hybridized carbons (Fsp3) is 0.0769. The minimum absolute atomic E-state index is 0.247. The van der Waals surface area contributed by atoms with Crippen molar-refractivity contribution in [1.82, 2.24) is 20.0 Å². The van der Waals surface area contributed by atoms with Crippen molar-refractivity contribution in [3.05, 3.63) is 47.8 Å². The van der Waals surface area contributed by atoms with Crippen LogP contribution < -0.4 is 5.73 Å². The van der Waals surface area contributed by atoms with Crippen LogP contribution in [0.25, 0.3) is 10.9 Å². The van der Waals surface area contributed by atoms with E-state index in [9.17, 15) is 5.26 Å². The van der Waals surface area contributed by atoms with Crippen molar-refractivity contribution in [2.24, 2.45) is 0 Å². The third-order valence-electron chi connectivity index (χ3n) is 2.93. The molecule has 1 aromatic carbocycles. The van der Waals surface area contributed by atoms with E-state index in [0.29, 0.717) is 12.1 Å². The van der Waals surface area contributed by atoms with E-state index in [0.717, 1.165) is 16.5 Å². The number of nitrogens with zero attached hydrogens (tertiary/aromatic N) is 5. The number of nitrogens with two attached hydrogens (primary N) is 1. The molecule has 0 unspecified atom stereocenters. The summed E-state index contributed by atoms with van der Waals surface area (Å²) in [5.74, 6) is 0.247. The average molecular weight is 250 g/mol. The lowest BCUT2D eigenvalue weighted by atomic mass is 10.0. The Morgan fingerprint density at radius 2 is 2.16 bits per heavy atom. The van der Waals surface area contributed by atoms with Gasteiger partial charge in [0.2, 0.25) is 0 Å². The molecule has 92 valence electrons. The smallest absolute Gasteiger partial charge is 0.142 e. The van der Waals surface area contributed by atoms with Crippen LogP contribution in [0, 0.1) is 11.3 Å². The number of benzene rings is 1. The zero-order valence-electron chi connectivity index (χ0n) is 9.98. The first-order valence-corrected chi connectivity index (χ1v) is 5.71. The molecule has 0 radical (unpaired) electrons. The summed E-state index contributed by atoms with van der Waals surface area (Å²) in [6.45, 7) is 0.441. The molecule has 0 aliphatic carbocycles. The molecule has 0 aliphatic rings. The second-order valence-electron chi connectivity index (χ2n) is 4.08. The van der Waals surface area contributed by atoms with Crippen molar-refractivity contribution in [3.63, 3.8) is 0 Å². The number of fused-ring (bicyclic) bond motifs is 1. The number of nitrogen functional groups attached to an aromatic ring is 1. The molecule has 3 aromatic rings. The van der Waals surface area contributed by atoms with Crippen molar-refractivity contribution in [2.45, 2.75) is 6.54 Å². The maximum Gasteiger partial charge on any atom is 0.142 e. The fourth-order valence-electron chi connectivity index (χ4n) is 2.07. The van der Waals surface area contributed by atoms with Gasteiger partial charge in [-0.15, -0.1) is 5.10 Å². The van der Waals surface area contributed by atoms with Crippen LogP contribution in [0.2, 0.25) is 0 Å². The monoisotopic (exact) mass is 250 g/mol. The first-order chi connectivity index (χ1) is 9.29. The Kier molecular flexibility index (Phi) is 2.58. The highest BCUT2D eigenvalue weighted by Gasteiger charge is 2.13. The van der Waals surface area contributed by atoms with Crippen LogP contribution in [0.5, 0.6) is 0 Å². The first kappa shape index (κ1) is 11.2. The second-order valence-corrected chi connectivity index (χ2v) is 4.08. The quantitative estimate of drug-likeness (QED) is 0.740. The van der Waals surface area contributed by atoms with E-state index in [1.807, 2.05) is 24.3 Å². The highest BCUT2D eigenvalue weighted by Crippen LogP contribution is 2.25. The fourth-order valence-corrected chi connectivity index (χ4v) is 2.07. The SMILES string of the molecule is N#Cc1c(N)nc2ccccc2c1Cn1ccnn1. The molecule has 0 spiro atoms. The molecule has 2 heterocycles. The summed E-state index contributed by atoms with van der Waals surface area (Å²) in [5, 5.41) is 17.9. The van der Waals surface area contributed by atoms with Crippen LogP contribution in [0.3, 0.4) is 0 Å². The van der Waals surface area contributed by atoms with Crippen LogP contribution >= 0.6 is 0 Å². The largest absolute Gasteiger partial charge is 0.383 e. The molecule has 2 N–H and O–H groups in total. The standard InChI is InChI=1S/C13H10N6/c14-7-10-11(8-19-6-5-16-18-19)9-3-1-2-4-12(9)17-13(10)15/h1-6H,8H2,(H2,15,17). The summed E-state index contributed by atoms with van der Waals surface area (Å²) < 4.78 is 1.65. The Balaban J connectivity index is 2.27. The lowest BCUT2D eigenvalue weighted by Crippen LogP contribution is -2.07. The molecule has 19 heavy (non-hydrogen) atoms. The number of para-hydroxylation sites is 1. The number of pyridine rings is 1. The Morgan fingerprint density at radius 1 is 1.32 bits per heavy atom. The number of aromatic nitrogens is 4. The van der Waals surface area contributed by atoms with Crippen molar-refractivity contribution in [3.8, 4) is 6.07 Å². The van der Waals surface area contributed by atoms with Gasteiger partial charge in [0.05, 0.1) is 23.8 Å². The molecule has 0 atom stereocenters. The summed E-state index contributed by atoms with van der Waals surface area (Å²) in [7, 11) is 0. The minimum atomic E-state index is 0.247. The van der Waals surface area contributed by atoms with E-state index in [2.05, 4.69) is 21.4 Å². The molecular formula is C13H10N6. The zero-order valence-corrected chi connectivity index (χ0v) is 9.98. The maximum atomic E-state index is 9.27. The lowest BCUT2D eigenvalue weighted by molar-refractivity contribution is 0.651. The molecule has 0 saturated carbocycles. The molecule has 6 heteroatoms. The summed E-state index contributed by atoms with van der Waals surface area (Å²) in [5.41, 5.74) is 7.83. The molecule has 0 saturated heterocycles. The molecule has 0 amide bonds. The Hall–Kier alpha value is -2.94. The number of hydrogen-bond donors (Lipinski definition) is 1. The van der Waals surface area contributed by atoms with Gasteiger partial charge in [0.25, 0.3) is 0 Å². The van der Waals surface area contributed by atoms with Crippen molar-refractivity contribution >= 4 is 16.7 Å². The van der Waals surface area contributed by atoms with E-state index in [4.69, 9.17) is 5.73 Å². The summed E-state index contributed by atoms with van der Waals surface area (Å²) >= 11 is 0. The van der Waals surface area contributed by atoms with Crippen molar-refractivity contribution in [1.29, 1.82) is 5.26 Å². The Labute approximate surface area is 109 Å². The summed E-state index contributed by atoms with van der Waals surface area (Å²) in [4.78, 5) is 4.25. The van der Waals surface area contributed by atoms with E-state index >= 15 is 0 Å². The zero-order chi connectivity index (χ0) is 13.2. The van der Waals surface area contributed by atoms with Gasteiger partial charge in [-0.2, -0.15) is 5.26 Å². The highest BCUT2D eigenvalue weighted by atomic mass is 15.4. The number of rotatable bonds is 2. The molecule has 0 fully saturated rings. The van der Waals surface area contributed by atoms with Gasteiger partial charge >= 0.3 is 0 Å². The van der Waals surface area contributed by atoms with Gasteiger partial charge in [0.15, 0.2) is 0 Å². The number of hydrogen-bond acceptors (Lipinski definition) is 5. The summed E-state index contributed by atoms with van der Waals surface area (Å²) in [6.07, 6.45) is 3.34. The molecule has 6 nitrogen and oxygen atoms in total. The maximum absolute atomic E-state index is 9.27. The lowest BCUT2D eigenvalue weighted by Gasteiger charge is -2.10. The van der Waals surface area contributed by atoms with Crippen LogP contribution in [0.15, 0.2) is 36.7 Å². The van der Waals surface area contributed by atoms with Crippen molar-refractivity contribution < 1.29 is 0 Å². The van der Waals surface area contributed by atoms with Crippen LogP contribution in [-0.2, 0) is 6.54 Å². The van der Waals surface area contributed by atoms with Gasteiger partial charge in [0, 0.05) is 17.1 Å². The van der Waals surface area contributed by atoms with Crippen molar-refractivity contribution in [2.75, 3.05) is 5.73 Å². The highest BCUT2D eigenvalue weighted by molar-refractivity contribution is 5.86. The topological polar surface area (TPSA) is 93.4 Å². The summed E-state index contributed by atoms with van der Waals surface area (Å²) in [6, 6.07) is 9.72. The van der Waals surface area contributed by atoms with Crippen LogP contribution in [-0.4, -0.2) is 20.0 Å². The molecule has 0 aliphatic heterocycles. The second kappa shape index (κ2) is 4.38. The predicted molar refractivity (Wildman–Crippen MR) is 70.0 cm³/mol. The Bertz CT molecular complexity index is 770. The molecule has 0 bridgehead atoms. The first-order valence-electron chi connectivity index (χ1n) is 5.71. The normalized spacial score (nSPS) is 10.5. The number of nitriles is 1. The van der Waals surface area contributed by atoms with Gasteiger partial charge in [-0.3, -0.25) is 0 Å². The van der Waals surface area contributed by atoms with Gasteiger partial charge in [-0.05, 0) is 6.07 Å². The third kappa shape index (κ3) is 1.87. The van der Waals surface area contributed by atoms with E-state index in [1.165, 1.54) is 0 Å². The van der Waals surface area contributed by atoms with E-state index in [1.54, 1.807) is 17.1 Å². The molecule has 2 aromatic heterocycles. The minimum Gasteiger partial charge on any atom is -0.383 e. The Morgan fingerprint density at radius 3 is 2.89 bits per heavy atom. The van der Waals surface area contributed by atoms with Gasteiger partial charge < -0.3 is 5.73 Å². The molecule has 3 rings (SSSR count). The van der Waals surface area contributed by atoms with Gasteiger partial charge in [-0.25, -0.2) is 9.67 Å². The average Bonchev–Trinajstić information content (AvgIpc) is 2.92. The third-order valence-corrected chi connectivity index (χ3v) is 2.93. The van der Waals surface area contributed by atoms with Crippen LogP contribution in [0.1, 0.15) is 11.1 Å². The molecular weight excluding hydrogens is 240 g/mol. The van der Waals surface area contributed by atoms with Gasteiger partial charge in [-0.1, -0.05) is 23.4 Å². The van der Waals surface area contributed by atoms with E-state index in [-0.39, 0.29) is 5.82 Å². The van der Waals surface area contributed by atoms with E-state index < -0.39 is 0 Å². The van der Waals surface area contributed by atoms with Gasteiger partial charge in [0.1, 0.15) is 11.9 Å².